The third-order valence-corrected chi connectivity index (χ3v) is 3.18. The Morgan fingerprint density at radius 1 is 1.48 bits per heavy atom. The number of aromatic amines is 1. The zero-order valence-electron chi connectivity index (χ0n) is 12.3. The molecular weight excluding hydrogens is 268 g/mol. The van der Waals surface area contributed by atoms with Gasteiger partial charge in [0.2, 0.25) is 0 Å². The molecule has 112 valence electrons. The molecule has 1 aromatic heterocycles. The minimum atomic E-state index is -0.367. The van der Waals surface area contributed by atoms with Crippen LogP contribution in [0.1, 0.15) is 35.8 Å². The van der Waals surface area contributed by atoms with Gasteiger partial charge in [0.1, 0.15) is 11.4 Å². The highest BCUT2D eigenvalue weighted by atomic mass is 16.5. The summed E-state index contributed by atoms with van der Waals surface area (Å²) in [6.07, 6.45) is 2.09. The quantitative estimate of drug-likeness (QED) is 0.329. The van der Waals surface area contributed by atoms with Crippen molar-refractivity contribution in [1.29, 1.82) is 0 Å². The molecule has 1 heterocycles. The highest BCUT2D eigenvalue weighted by molar-refractivity contribution is 6.00. The van der Waals surface area contributed by atoms with Crippen molar-refractivity contribution in [3.8, 4) is 17.0 Å². The van der Waals surface area contributed by atoms with Crippen LogP contribution in [0.2, 0.25) is 0 Å². The molecule has 0 unspecified atom stereocenters. The maximum Gasteiger partial charge on any atom is 0.269 e. The number of nitrogen functional groups attached to an aromatic ring is 1. The SMILES string of the molecule is CCCCOc1cccc(-c2n[nH]c(C)c2C(=O)NN)c1. The van der Waals surface area contributed by atoms with Crippen molar-refractivity contribution in [3.05, 3.63) is 35.5 Å². The fourth-order valence-corrected chi connectivity index (χ4v) is 2.06. The van der Waals surface area contributed by atoms with E-state index in [1.165, 1.54) is 0 Å². The van der Waals surface area contributed by atoms with Crippen LogP contribution in [0.5, 0.6) is 5.75 Å². The van der Waals surface area contributed by atoms with Gasteiger partial charge in [-0.25, -0.2) is 5.84 Å². The Bertz CT molecular complexity index is 622. The lowest BCUT2D eigenvalue weighted by Gasteiger charge is -2.07. The number of hydrogen-bond acceptors (Lipinski definition) is 4. The monoisotopic (exact) mass is 288 g/mol. The average Bonchev–Trinajstić information content (AvgIpc) is 2.89. The number of aryl methyl sites for hydroxylation is 1. The zero-order valence-corrected chi connectivity index (χ0v) is 12.3. The van der Waals surface area contributed by atoms with E-state index in [1.807, 2.05) is 24.3 Å². The number of rotatable bonds is 6. The molecule has 0 aliphatic carbocycles. The van der Waals surface area contributed by atoms with Crippen LogP contribution in [0.15, 0.2) is 24.3 Å². The number of benzene rings is 1. The standard InChI is InChI=1S/C15H20N4O2/c1-3-4-8-21-12-7-5-6-11(9-12)14-13(15(20)17-16)10(2)18-19-14/h5-7,9H,3-4,8,16H2,1-2H3,(H,17,20)(H,18,19). The smallest absolute Gasteiger partial charge is 0.269 e. The Morgan fingerprint density at radius 3 is 3.00 bits per heavy atom. The second kappa shape index (κ2) is 6.90. The number of carbonyl (C=O) groups excluding carboxylic acids is 1. The molecule has 0 spiro atoms. The molecule has 6 nitrogen and oxygen atoms in total. The summed E-state index contributed by atoms with van der Waals surface area (Å²) in [6.45, 7) is 4.57. The van der Waals surface area contributed by atoms with Crippen molar-refractivity contribution in [1.82, 2.24) is 15.6 Å². The summed E-state index contributed by atoms with van der Waals surface area (Å²) in [7, 11) is 0. The van der Waals surface area contributed by atoms with Gasteiger partial charge in [-0.1, -0.05) is 25.5 Å². The van der Waals surface area contributed by atoms with Gasteiger partial charge in [-0.05, 0) is 25.5 Å². The van der Waals surface area contributed by atoms with Gasteiger partial charge < -0.3 is 4.74 Å². The molecule has 0 aliphatic rings. The first-order valence-electron chi connectivity index (χ1n) is 6.96. The average molecular weight is 288 g/mol. The van der Waals surface area contributed by atoms with Gasteiger partial charge in [0.25, 0.3) is 5.91 Å². The van der Waals surface area contributed by atoms with E-state index in [4.69, 9.17) is 10.6 Å². The van der Waals surface area contributed by atoms with Crippen LogP contribution in [0.3, 0.4) is 0 Å². The summed E-state index contributed by atoms with van der Waals surface area (Å²) >= 11 is 0. The lowest BCUT2D eigenvalue weighted by Crippen LogP contribution is -2.30. The van der Waals surface area contributed by atoms with Crippen molar-refractivity contribution in [2.45, 2.75) is 26.7 Å². The summed E-state index contributed by atoms with van der Waals surface area (Å²) in [5.41, 5.74) is 4.64. The van der Waals surface area contributed by atoms with Gasteiger partial charge in [0.05, 0.1) is 12.2 Å². The van der Waals surface area contributed by atoms with Crippen LogP contribution in [0.4, 0.5) is 0 Å². The van der Waals surface area contributed by atoms with E-state index in [2.05, 4.69) is 22.5 Å². The first-order valence-corrected chi connectivity index (χ1v) is 6.96. The molecule has 2 rings (SSSR count). The zero-order chi connectivity index (χ0) is 15.2. The summed E-state index contributed by atoms with van der Waals surface area (Å²) in [6, 6.07) is 7.53. The maximum atomic E-state index is 11.9. The van der Waals surface area contributed by atoms with E-state index in [-0.39, 0.29) is 5.91 Å². The summed E-state index contributed by atoms with van der Waals surface area (Å²) < 4.78 is 5.68. The fourth-order valence-electron chi connectivity index (χ4n) is 2.06. The molecule has 0 radical (unpaired) electrons. The van der Waals surface area contributed by atoms with E-state index in [0.717, 1.165) is 24.2 Å². The molecule has 0 saturated heterocycles. The molecule has 0 aliphatic heterocycles. The van der Waals surface area contributed by atoms with Crippen LogP contribution < -0.4 is 16.0 Å². The topological polar surface area (TPSA) is 93.0 Å². The third kappa shape index (κ3) is 3.41. The number of unbranched alkanes of at least 4 members (excludes halogenated alkanes) is 1. The van der Waals surface area contributed by atoms with Crippen molar-refractivity contribution in [3.63, 3.8) is 0 Å². The van der Waals surface area contributed by atoms with Crippen molar-refractivity contribution >= 4 is 5.91 Å². The predicted molar refractivity (Wildman–Crippen MR) is 80.8 cm³/mol. The lowest BCUT2D eigenvalue weighted by atomic mass is 10.1. The summed E-state index contributed by atoms with van der Waals surface area (Å²) in [5, 5.41) is 7.01. The van der Waals surface area contributed by atoms with Crippen molar-refractivity contribution < 1.29 is 9.53 Å². The van der Waals surface area contributed by atoms with Gasteiger partial charge >= 0.3 is 0 Å². The first-order chi connectivity index (χ1) is 10.2. The largest absolute Gasteiger partial charge is 0.494 e. The number of carbonyl (C=O) groups is 1. The number of hydrogen-bond donors (Lipinski definition) is 3. The van der Waals surface area contributed by atoms with Gasteiger partial charge in [0.15, 0.2) is 0 Å². The van der Waals surface area contributed by atoms with Crippen LogP contribution >= 0.6 is 0 Å². The number of aromatic nitrogens is 2. The van der Waals surface area contributed by atoms with Crippen LogP contribution in [0, 0.1) is 6.92 Å². The molecule has 0 fully saturated rings. The van der Waals surface area contributed by atoms with Gasteiger partial charge in [-0.2, -0.15) is 5.10 Å². The minimum Gasteiger partial charge on any atom is -0.494 e. The predicted octanol–water partition coefficient (Wildman–Crippen LogP) is 2.17. The number of amides is 1. The molecule has 0 saturated carbocycles. The van der Waals surface area contributed by atoms with E-state index in [9.17, 15) is 4.79 Å². The van der Waals surface area contributed by atoms with E-state index >= 15 is 0 Å². The molecule has 1 aromatic carbocycles. The second-order valence-corrected chi connectivity index (χ2v) is 4.78. The molecule has 2 aromatic rings. The number of ether oxygens (including phenoxy) is 1. The van der Waals surface area contributed by atoms with Crippen molar-refractivity contribution in [2.75, 3.05) is 6.61 Å². The summed E-state index contributed by atoms with van der Waals surface area (Å²) in [5.74, 6) is 5.62. The van der Waals surface area contributed by atoms with Crippen LogP contribution in [-0.2, 0) is 0 Å². The fraction of sp³-hybridized carbons (Fsp3) is 0.333. The highest BCUT2D eigenvalue weighted by Gasteiger charge is 2.18. The number of H-pyrrole nitrogens is 1. The molecule has 1 amide bonds. The second-order valence-electron chi connectivity index (χ2n) is 4.78. The highest BCUT2D eigenvalue weighted by Crippen LogP contribution is 2.26. The van der Waals surface area contributed by atoms with Crippen molar-refractivity contribution in [2.24, 2.45) is 5.84 Å². The van der Waals surface area contributed by atoms with Crippen LogP contribution in [0.25, 0.3) is 11.3 Å². The Labute approximate surface area is 123 Å². The Kier molecular flexibility index (Phi) is 4.94. The molecule has 0 atom stereocenters. The first kappa shape index (κ1) is 15.1. The van der Waals surface area contributed by atoms with Gasteiger partial charge in [-0.3, -0.25) is 15.3 Å². The number of hydrazine groups is 1. The minimum absolute atomic E-state index is 0.367. The normalized spacial score (nSPS) is 10.4. The molecule has 0 bridgehead atoms. The molecule has 21 heavy (non-hydrogen) atoms. The van der Waals surface area contributed by atoms with E-state index < -0.39 is 0 Å². The molecular formula is C15H20N4O2. The Balaban J connectivity index is 2.30. The van der Waals surface area contributed by atoms with E-state index in [0.29, 0.717) is 23.6 Å². The maximum absolute atomic E-state index is 11.9. The molecule has 6 heteroatoms. The molecule has 4 N–H and O–H groups in total. The number of nitrogens with one attached hydrogen (secondary N) is 2. The Hall–Kier alpha value is -2.34. The van der Waals surface area contributed by atoms with Gasteiger partial charge in [0, 0.05) is 11.3 Å². The third-order valence-electron chi connectivity index (χ3n) is 3.18. The number of nitrogens with zero attached hydrogens (tertiary/aromatic N) is 1. The van der Waals surface area contributed by atoms with Gasteiger partial charge in [-0.15, -0.1) is 0 Å². The van der Waals surface area contributed by atoms with E-state index in [1.54, 1.807) is 6.92 Å². The lowest BCUT2D eigenvalue weighted by molar-refractivity contribution is 0.0953. The summed E-state index contributed by atoms with van der Waals surface area (Å²) in [4.78, 5) is 11.9. The Morgan fingerprint density at radius 2 is 2.29 bits per heavy atom. The number of nitrogens with two attached hydrogens (primary N) is 1. The van der Waals surface area contributed by atoms with Crippen LogP contribution in [-0.4, -0.2) is 22.7 Å².